The second-order valence-corrected chi connectivity index (χ2v) is 7.63. The number of aryl methyl sites for hydroxylation is 1. The van der Waals surface area contributed by atoms with Crippen molar-refractivity contribution in [3.8, 4) is 34.0 Å². The molecular weight excluding hydrogens is 398 g/mol. The number of methoxy groups -OCH3 is 1. The lowest BCUT2D eigenvalue weighted by Crippen LogP contribution is -2.01. The summed E-state index contributed by atoms with van der Waals surface area (Å²) >= 11 is 0. The summed E-state index contributed by atoms with van der Waals surface area (Å²) in [5.74, 6) is 0.833. The lowest BCUT2D eigenvalue weighted by Gasteiger charge is -2.05. The van der Waals surface area contributed by atoms with E-state index in [1.807, 2.05) is 89.2 Å². The summed E-state index contributed by atoms with van der Waals surface area (Å²) in [6.45, 7) is 2.62. The van der Waals surface area contributed by atoms with Crippen LogP contribution < -0.4 is 4.74 Å². The Balaban J connectivity index is 1.50. The molecule has 0 unspecified atom stereocenters. The molecule has 158 valence electrons. The van der Waals surface area contributed by atoms with E-state index in [9.17, 15) is 0 Å². The van der Waals surface area contributed by atoms with Gasteiger partial charge in [-0.2, -0.15) is 5.10 Å². The average Bonchev–Trinajstić information content (AvgIpc) is 3.48. The second-order valence-electron chi connectivity index (χ2n) is 7.63. The minimum absolute atomic E-state index is 0.569. The zero-order valence-corrected chi connectivity index (χ0v) is 18.0. The molecule has 5 rings (SSSR count). The Morgan fingerprint density at radius 1 is 0.875 bits per heavy atom. The molecular formula is C26H23N5O. The Kier molecular flexibility index (Phi) is 5.25. The van der Waals surface area contributed by atoms with Crippen LogP contribution in [0.5, 0.6) is 5.75 Å². The van der Waals surface area contributed by atoms with Crippen LogP contribution in [0.25, 0.3) is 28.2 Å². The van der Waals surface area contributed by atoms with Crippen LogP contribution in [0.4, 0.5) is 0 Å². The van der Waals surface area contributed by atoms with Crippen molar-refractivity contribution in [3.63, 3.8) is 0 Å². The molecule has 6 nitrogen and oxygen atoms in total. The van der Waals surface area contributed by atoms with E-state index in [-0.39, 0.29) is 0 Å². The predicted molar refractivity (Wildman–Crippen MR) is 125 cm³/mol. The van der Waals surface area contributed by atoms with Gasteiger partial charge >= 0.3 is 0 Å². The van der Waals surface area contributed by atoms with E-state index in [1.54, 1.807) is 7.11 Å². The van der Waals surface area contributed by atoms with E-state index in [0.717, 1.165) is 45.1 Å². The van der Waals surface area contributed by atoms with Crippen molar-refractivity contribution < 1.29 is 4.74 Å². The lowest BCUT2D eigenvalue weighted by atomic mass is 10.1. The first kappa shape index (κ1) is 19.8. The van der Waals surface area contributed by atoms with Crippen LogP contribution in [0.2, 0.25) is 0 Å². The first-order valence-electron chi connectivity index (χ1n) is 10.5. The number of rotatable bonds is 6. The van der Waals surface area contributed by atoms with Gasteiger partial charge in [0.2, 0.25) is 0 Å². The SMILES string of the molecule is COc1ccc(-c2cn(Cc3cn(-c4ccccc4)nc3-c3ccccc3)nn2)c(C)c1. The molecule has 32 heavy (non-hydrogen) atoms. The minimum atomic E-state index is 0.569. The van der Waals surface area contributed by atoms with Gasteiger partial charge in [-0.15, -0.1) is 5.10 Å². The number of ether oxygens (including phenoxy) is 1. The van der Waals surface area contributed by atoms with Crippen molar-refractivity contribution >= 4 is 0 Å². The van der Waals surface area contributed by atoms with Crippen molar-refractivity contribution in [2.24, 2.45) is 0 Å². The van der Waals surface area contributed by atoms with Crippen LogP contribution >= 0.6 is 0 Å². The standard InChI is InChI=1S/C26H23N5O/c1-19-15-23(32-2)13-14-24(19)25-18-30(29-27-25)16-21-17-31(22-11-7-4-8-12-22)28-26(21)20-9-5-3-6-10-20/h3-15,17-18H,16H2,1-2H3. The molecule has 2 aromatic heterocycles. The van der Waals surface area contributed by atoms with E-state index in [0.29, 0.717) is 6.54 Å². The van der Waals surface area contributed by atoms with Gasteiger partial charge < -0.3 is 4.74 Å². The van der Waals surface area contributed by atoms with Crippen molar-refractivity contribution in [1.29, 1.82) is 0 Å². The Morgan fingerprint density at radius 3 is 2.34 bits per heavy atom. The van der Waals surface area contributed by atoms with E-state index >= 15 is 0 Å². The summed E-state index contributed by atoms with van der Waals surface area (Å²) in [6, 6.07) is 26.3. The topological polar surface area (TPSA) is 57.8 Å². The van der Waals surface area contributed by atoms with Gasteiger partial charge in [0.05, 0.1) is 31.2 Å². The quantitative estimate of drug-likeness (QED) is 0.380. The highest BCUT2D eigenvalue weighted by Gasteiger charge is 2.15. The van der Waals surface area contributed by atoms with Crippen LogP contribution in [0.1, 0.15) is 11.1 Å². The minimum Gasteiger partial charge on any atom is -0.497 e. The van der Waals surface area contributed by atoms with Crippen LogP contribution in [-0.2, 0) is 6.54 Å². The molecule has 0 saturated carbocycles. The maximum absolute atomic E-state index is 5.31. The van der Waals surface area contributed by atoms with E-state index in [4.69, 9.17) is 9.84 Å². The second kappa shape index (κ2) is 8.51. The van der Waals surface area contributed by atoms with Crippen molar-refractivity contribution in [1.82, 2.24) is 24.8 Å². The van der Waals surface area contributed by atoms with Gasteiger partial charge in [-0.05, 0) is 42.8 Å². The number of hydrogen-bond acceptors (Lipinski definition) is 4. The molecule has 2 heterocycles. The van der Waals surface area contributed by atoms with E-state index in [1.165, 1.54) is 0 Å². The zero-order valence-electron chi connectivity index (χ0n) is 18.0. The maximum atomic E-state index is 5.31. The molecule has 0 fully saturated rings. The molecule has 0 spiro atoms. The summed E-state index contributed by atoms with van der Waals surface area (Å²) in [7, 11) is 1.67. The van der Waals surface area contributed by atoms with Crippen molar-refractivity contribution in [2.75, 3.05) is 7.11 Å². The Morgan fingerprint density at radius 2 is 1.62 bits per heavy atom. The lowest BCUT2D eigenvalue weighted by molar-refractivity contribution is 0.414. The first-order chi connectivity index (χ1) is 15.7. The third-order valence-electron chi connectivity index (χ3n) is 5.44. The number of benzene rings is 3. The van der Waals surface area contributed by atoms with Gasteiger partial charge in [0.25, 0.3) is 0 Å². The van der Waals surface area contributed by atoms with Crippen molar-refractivity contribution in [2.45, 2.75) is 13.5 Å². The Labute approximate surface area is 186 Å². The van der Waals surface area contributed by atoms with Crippen LogP contribution in [0.15, 0.2) is 91.3 Å². The van der Waals surface area contributed by atoms with Crippen LogP contribution in [0, 0.1) is 6.92 Å². The number of aromatic nitrogens is 5. The number of hydrogen-bond donors (Lipinski definition) is 0. The fourth-order valence-corrected chi connectivity index (χ4v) is 3.80. The summed E-state index contributed by atoms with van der Waals surface area (Å²) in [5, 5.41) is 13.7. The predicted octanol–water partition coefficient (Wildman–Crippen LogP) is 5.16. The highest BCUT2D eigenvalue weighted by molar-refractivity contribution is 5.65. The van der Waals surface area contributed by atoms with Gasteiger partial charge in [-0.25, -0.2) is 9.36 Å². The fourth-order valence-electron chi connectivity index (χ4n) is 3.80. The van der Waals surface area contributed by atoms with Crippen LogP contribution in [-0.4, -0.2) is 31.9 Å². The van der Waals surface area contributed by atoms with Gasteiger partial charge in [-0.1, -0.05) is 53.7 Å². The molecule has 0 aliphatic rings. The molecule has 0 N–H and O–H groups in total. The van der Waals surface area contributed by atoms with E-state index in [2.05, 4.69) is 28.6 Å². The molecule has 0 amide bonds. The van der Waals surface area contributed by atoms with Gasteiger partial charge in [0.1, 0.15) is 11.4 Å². The Bertz CT molecular complexity index is 1340. The summed E-state index contributed by atoms with van der Waals surface area (Å²) in [5.41, 5.74) is 7.07. The molecule has 0 radical (unpaired) electrons. The highest BCUT2D eigenvalue weighted by atomic mass is 16.5. The largest absolute Gasteiger partial charge is 0.497 e. The molecule has 6 heteroatoms. The maximum Gasteiger partial charge on any atom is 0.119 e. The zero-order chi connectivity index (χ0) is 21.9. The molecule has 3 aromatic carbocycles. The Hall–Kier alpha value is -4.19. The molecule has 0 aliphatic carbocycles. The highest BCUT2D eigenvalue weighted by Crippen LogP contribution is 2.27. The van der Waals surface area contributed by atoms with Crippen molar-refractivity contribution in [3.05, 3.63) is 102 Å². The molecule has 0 saturated heterocycles. The first-order valence-corrected chi connectivity index (χ1v) is 10.5. The van der Waals surface area contributed by atoms with Gasteiger partial charge in [0, 0.05) is 22.9 Å². The van der Waals surface area contributed by atoms with Gasteiger partial charge in [0.15, 0.2) is 0 Å². The normalized spacial score (nSPS) is 10.9. The third kappa shape index (κ3) is 3.90. The average molecular weight is 422 g/mol. The molecule has 0 bridgehead atoms. The summed E-state index contributed by atoms with van der Waals surface area (Å²) in [4.78, 5) is 0. The summed E-state index contributed by atoms with van der Waals surface area (Å²) < 4.78 is 9.09. The van der Waals surface area contributed by atoms with E-state index < -0.39 is 0 Å². The van der Waals surface area contributed by atoms with Crippen LogP contribution in [0.3, 0.4) is 0 Å². The fraction of sp³-hybridized carbons (Fsp3) is 0.115. The molecule has 5 aromatic rings. The number of para-hydroxylation sites is 1. The number of nitrogens with zero attached hydrogens (tertiary/aromatic N) is 5. The monoisotopic (exact) mass is 421 g/mol. The third-order valence-corrected chi connectivity index (χ3v) is 5.44. The van der Waals surface area contributed by atoms with Gasteiger partial charge in [-0.3, -0.25) is 0 Å². The summed E-state index contributed by atoms with van der Waals surface area (Å²) in [6.07, 6.45) is 4.04. The molecule has 0 aliphatic heterocycles. The molecule has 0 atom stereocenters. The smallest absolute Gasteiger partial charge is 0.119 e.